The van der Waals surface area contributed by atoms with Gasteiger partial charge >= 0.3 is 5.97 Å². The number of allylic oxidation sites excluding steroid dienone is 8. The van der Waals surface area contributed by atoms with E-state index >= 15 is 0 Å². The van der Waals surface area contributed by atoms with Crippen molar-refractivity contribution in [2.75, 3.05) is 26.4 Å². The van der Waals surface area contributed by atoms with E-state index in [9.17, 15) is 24.9 Å². The van der Waals surface area contributed by atoms with Gasteiger partial charge in [-0.25, -0.2) is 0 Å². The number of esters is 1. The van der Waals surface area contributed by atoms with Gasteiger partial charge in [0, 0.05) is 6.42 Å². The summed E-state index contributed by atoms with van der Waals surface area (Å²) in [5.41, 5.74) is 3.51. The molecule has 0 spiro atoms. The van der Waals surface area contributed by atoms with Crippen molar-refractivity contribution in [1.29, 1.82) is 0 Å². The Bertz CT molecular complexity index is 752. The summed E-state index contributed by atoms with van der Waals surface area (Å²) in [7, 11) is 0. The van der Waals surface area contributed by atoms with Gasteiger partial charge < -0.3 is 20.1 Å². The first-order valence-corrected chi connectivity index (χ1v) is 12.6. The zero-order chi connectivity index (χ0) is 26.9. The number of carbonyl (C=O) groups excluding carboxylic acids is 2. The predicted octanol–water partition coefficient (Wildman–Crippen LogP) is 5.23. The molecule has 0 aliphatic carbocycles. The molecular formula is C29H48O6. The van der Waals surface area contributed by atoms with E-state index < -0.39 is 37.1 Å². The van der Waals surface area contributed by atoms with Crippen LogP contribution in [-0.4, -0.2) is 53.5 Å². The Labute approximate surface area is 212 Å². The van der Waals surface area contributed by atoms with Crippen LogP contribution in [0.4, 0.5) is 0 Å². The van der Waals surface area contributed by atoms with Crippen molar-refractivity contribution in [3.8, 4) is 0 Å². The van der Waals surface area contributed by atoms with Crippen molar-refractivity contribution in [2.45, 2.75) is 86.5 Å². The van der Waals surface area contributed by atoms with E-state index in [4.69, 9.17) is 4.74 Å². The molecule has 0 aromatic heterocycles. The molecule has 0 saturated carbocycles. The minimum Gasteiger partial charge on any atom is -0.464 e. The van der Waals surface area contributed by atoms with E-state index in [2.05, 4.69) is 26.0 Å². The summed E-state index contributed by atoms with van der Waals surface area (Å²) in [5.74, 6) is -1.84. The molecule has 0 saturated heterocycles. The van der Waals surface area contributed by atoms with Crippen LogP contribution >= 0.6 is 0 Å². The van der Waals surface area contributed by atoms with Gasteiger partial charge in [-0.1, -0.05) is 46.6 Å². The number of Topliss-reactive ketones (excluding diaryl/α,β-unsaturated/α-hetero) is 1. The van der Waals surface area contributed by atoms with Gasteiger partial charge in [0.05, 0.1) is 25.2 Å². The maximum absolute atomic E-state index is 13.0. The van der Waals surface area contributed by atoms with Crippen LogP contribution in [-0.2, 0) is 14.3 Å². The van der Waals surface area contributed by atoms with Gasteiger partial charge in [0.2, 0.25) is 0 Å². The van der Waals surface area contributed by atoms with Crippen molar-refractivity contribution in [3.63, 3.8) is 0 Å². The molecule has 0 heterocycles. The summed E-state index contributed by atoms with van der Waals surface area (Å²) in [6.07, 6.45) is 13.0. The third kappa shape index (κ3) is 14.9. The van der Waals surface area contributed by atoms with Crippen LogP contribution in [0, 0.1) is 11.3 Å². The Kier molecular flexibility index (Phi) is 17.2. The molecule has 6 nitrogen and oxygen atoms in total. The molecule has 0 fully saturated rings. The van der Waals surface area contributed by atoms with Crippen LogP contribution in [0.5, 0.6) is 0 Å². The molecule has 0 aromatic carbocycles. The number of ketones is 1. The Morgan fingerprint density at radius 3 is 1.63 bits per heavy atom. The lowest BCUT2D eigenvalue weighted by Gasteiger charge is -2.27. The van der Waals surface area contributed by atoms with Crippen molar-refractivity contribution in [1.82, 2.24) is 0 Å². The van der Waals surface area contributed by atoms with Crippen molar-refractivity contribution < 1.29 is 29.6 Å². The second-order valence-electron chi connectivity index (χ2n) is 10.1. The van der Waals surface area contributed by atoms with Gasteiger partial charge in [-0.2, -0.15) is 0 Å². The Balaban J connectivity index is 5.28. The van der Waals surface area contributed by atoms with Crippen molar-refractivity contribution >= 4 is 11.8 Å². The summed E-state index contributed by atoms with van der Waals surface area (Å²) in [6.45, 7) is 10.3. The number of aliphatic hydroxyl groups excluding tert-OH is 3. The second kappa shape index (κ2) is 18.3. The lowest BCUT2D eigenvalue weighted by atomic mass is 9.92. The summed E-state index contributed by atoms with van der Waals surface area (Å²) < 4.78 is 5.31. The zero-order valence-corrected chi connectivity index (χ0v) is 22.7. The minimum absolute atomic E-state index is 0.195. The third-order valence-corrected chi connectivity index (χ3v) is 5.97. The van der Waals surface area contributed by atoms with Crippen LogP contribution < -0.4 is 0 Å². The van der Waals surface area contributed by atoms with Gasteiger partial charge in [-0.05, 0) is 80.1 Å². The van der Waals surface area contributed by atoms with Crippen molar-refractivity contribution in [3.05, 3.63) is 46.6 Å². The number of carbonyl (C=O) groups is 2. The highest BCUT2D eigenvalue weighted by Crippen LogP contribution is 2.20. The third-order valence-electron chi connectivity index (χ3n) is 5.97. The summed E-state index contributed by atoms with van der Waals surface area (Å²) >= 11 is 0. The fourth-order valence-corrected chi connectivity index (χ4v) is 3.31. The van der Waals surface area contributed by atoms with Gasteiger partial charge in [0.1, 0.15) is 18.3 Å². The van der Waals surface area contributed by atoms with Crippen LogP contribution in [0.25, 0.3) is 0 Å². The molecule has 0 aromatic rings. The molecule has 3 N–H and O–H groups in total. The van der Waals surface area contributed by atoms with E-state index in [-0.39, 0.29) is 25.2 Å². The molecular weight excluding hydrogens is 444 g/mol. The van der Waals surface area contributed by atoms with Crippen LogP contribution in [0.1, 0.15) is 86.5 Å². The smallest absolute Gasteiger partial charge is 0.316 e. The zero-order valence-electron chi connectivity index (χ0n) is 22.7. The largest absolute Gasteiger partial charge is 0.464 e. The van der Waals surface area contributed by atoms with Gasteiger partial charge in [0.15, 0.2) is 0 Å². The molecule has 35 heavy (non-hydrogen) atoms. The summed E-state index contributed by atoms with van der Waals surface area (Å²) in [6, 6.07) is 0. The molecule has 0 amide bonds. The monoisotopic (exact) mass is 492 g/mol. The van der Waals surface area contributed by atoms with Gasteiger partial charge in [0.25, 0.3) is 0 Å². The lowest BCUT2D eigenvalue weighted by Crippen LogP contribution is -2.40. The van der Waals surface area contributed by atoms with E-state index in [1.165, 1.54) is 16.7 Å². The molecule has 0 aliphatic rings. The first kappa shape index (κ1) is 33.0. The molecule has 1 unspecified atom stereocenters. The molecule has 0 rings (SSSR count). The Morgan fingerprint density at radius 1 is 0.714 bits per heavy atom. The fraction of sp³-hybridized carbons (Fsp3) is 0.655. The number of ether oxygens (including phenoxy) is 1. The van der Waals surface area contributed by atoms with E-state index in [1.807, 2.05) is 39.8 Å². The average Bonchev–Trinajstić information content (AvgIpc) is 2.80. The first-order valence-electron chi connectivity index (χ1n) is 12.6. The summed E-state index contributed by atoms with van der Waals surface area (Å²) in [5, 5.41) is 28.5. The highest BCUT2D eigenvalue weighted by Gasteiger charge is 2.33. The molecule has 0 bridgehead atoms. The molecule has 0 radical (unpaired) electrons. The predicted molar refractivity (Wildman–Crippen MR) is 142 cm³/mol. The number of rotatable bonds is 18. The van der Waals surface area contributed by atoms with Crippen LogP contribution in [0.15, 0.2) is 46.6 Å². The van der Waals surface area contributed by atoms with Gasteiger partial charge in [-0.3, -0.25) is 9.59 Å². The number of hydrogen-bond acceptors (Lipinski definition) is 6. The average molecular weight is 493 g/mol. The van der Waals surface area contributed by atoms with E-state index in [0.29, 0.717) is 6.42 Å². The topological polar surface area (TPSA) is 104 Å². The maximum Gasteiger partial charge on any atom is 0.316 e. The van der Waals surface area contributed by atoms with E-state index in [1.54, 1.807) is 0 Å². The van der Waals surface area contributed by atoms with Gasteiger partial charge in [-0.15, -0.1) is 0 Å². The van der Waals surface area contributed by atoms with E-state index in [0.717, 1.165) is 31.3 Å². The lowest BCUT2D eigenvalue weighted by molar-refractivity contribution is -0.158. The fourth-order valence-electron chi connectivity index (χ4n) is 3.31. The molecule has 1 atom stereocenters. The SMILES string of the molecule is CC(C)=CCCC(C)=CCC(C(=O)CC/C=C(\C)CCC=C(C)C)C(=O)OCC(CO)(CO)CO. The normalized spacial score (nSPS) is 13.3. The van der Waals surface area contributed by atoms with Crippen LogP contribution in [0.2, 0.25) is 0 Å². The first-order chi connectivity index (χ1) is 16.5. The molecule has 0 aliphatic heterocycles. The highest BCUT2D eigenvalue weighted by atomic mass is 16.5. The quantitative estimate of drug-likeness (QED) is 0.137. The second-order valence-corrected chi connectivity index (χ2v) is 10.1. The maximum atomic E-state index is 13.0. The van der Waals surface area contributed by atoms with Crippen molar-refractivity contribution in [2.24, 2.45) is 11.3 Å². The molecule has 200 valence electrons. The van der Waals surface area contributed by atoms with Crippen LogP contribution in [0.3, 0.4) is 0 Å². The highest BCUT2D eigenvalue weighted by molar-refractivity contribution is 5.99. The molecule has 6 heteroatoms. The minimum atomic E-state index is -1.33. The Hall–Kier alpha value is -2.02. The Morgan fingerprint density at radius 2 is 1.17 bits per heavy atom. The summed E-state index contributed by atoms with van der Waals surface area (Å²) in [4.78, 5) is 25.8. The number of hydrogen-bond donors (Lipinski definition) is 3. The standard InChI is InChI=1S/C29H48O6/c1-22(2)10-7-12-24(5)14-9-15-27(33)26(17-16-25(6)13-8-11-23(3)4)28(34)35-21-29(18-30,19-31)20-32/h10-11,14,16,26,30-32H,7-9,12-13,15,17-21H2,1-6H3/b24-14+,25-16?. The number of aliphatic hydroxyl groups is 3.